The molecule has 0 unspecified atom stereocenters. The number of pyridine rings is 1. The Balaban J connectivity index is 1.50. The molecule has 4 aromatic heterocycles. The fraction of sp³-hybridized carbons (Fsp3) is 0.130. The summed E-state index contributed by atoms with van der Waals surface area (Å²) in [4.78, 5) is 16.6. The van der Waals surface area contributed by atoms with E-state index in [2.05, 4.69) is 41.8 Å². The Kier molecular flexibility index (Phi) is 5.31. The number of nitrogens with zero attached hydrogens (tertiary/aromatic N) is 4. The molecule has 4 N–H and O–H groups in total. The zero-order valence-corrected chi connectivity index (χ0v) is 17.9. The molecule has 0 amide bonds. The van der Waals surface area contributed by atoms with Gasteiger partial charge >= 0.3 is 0 Å². The van der Waals surface area contributed by atoms with Crippen molar-refractivity contribution < 1.29 is 9.13 Å². The molecule has 33 heavy (non-hydrogen) atoms. The molecule has 0 saturated carbocycles. The lowest BCUT2D eigenvalue weighted by atomic mass is 10.1. The Morgan fingerprint density at radius 3 is 2.73 bits per heavy atom. The molecule has 0 fully saturated rings. The van der Waals surface area contributed by atoms with Crippen LogP contribution in [0.5, 0.6) is 5.88 Å². The Morgan fingerprint density at radius 1 is 1.03 bits per heavy atom. The summed E-state index contributed by atoms with van der Waals surface area (Å²) in [5.74, 6) is 1.64. The van der Waals surface area contributed by atoms with Crippen LogP contribution in [0.4, 0.5) is 22.0 Å². The van der Waals surface area contributed by atoms with Gasteiger partial charge in [-0.3, -0.25) is 4.98 Å². The molecule has 1 aromatic carbocycles. The van der Waals surface area contributed by atoms with Crippen LogP contribution in [0.2, 0.25) is 0 Å². The molecule has 0 aliphatic heterocycles. The number of hydrogen-bond acceptors (Lipinski definition) is 7. The SMILES string of the molecule is COc1cc(Nc2cc(-c3ccc4[nH]ccc4c3)nc(N[C@@H](C)c3ccc(F)cn3)n2)n[nH]1. The van der Waals surface area contributed by atoms with Crippen LogP contribution in [0.1, 0.15) is 18.7 Å². The average Bonchev–Trinajstić information content (AvgIpc) is 3.48. The van der Waals surface area contributed by atoms with Gasteiger partial charge < -0.3 is 20.4 Å². The monoisotopic (exact) mass is 444 g/mol. The Hall–Kier alpha value is -4.47. The number of benzene rings is 1. The van der Waals surface area contributed by atoms with Crippen molar-refractivity contribution in [2.75, 3.05) is 17.7 Å². The number of ether oxygens (including phenoxy) is 1. The maximum atomic E-state index is 13.3. The van der Waals surface area contributed by atoms with Crippen molar-refractivity contribution in [2.45, 2.75) is 13.0 Å². The molecular formula is C23H21FN8O. The molecule has 0 bridgehead atoms. The van der Waals surface area contributed by atoms with E-state index >= 15 is 0 Å². The zero-order chi connectivity index (χ0) is 22.8. The van der Waals surface area contributed by atoms with Gasteiger partial charge in [0.25, 0.3) is 0 Å². The van der Waals surface area contributed by atoms with Crippen LogP contribution in [0, 0.1) is 5.82 Å². The van der Waals surface area contributed by atoms with Crippen molar-refractivity contribution in [3.8, 4) is 17.1 Å². The van der Waals surface area contributed by atoms with E-state index < -0.39 is 0 Å². The molecule has 166 valence electrons. The van der Waals surface area contributed by atoms with Crippen molar-refractivity contribution >= 4 is 28.5 Å². The lowest BCUT2D eigenvalue weighted by Gasteiger charge is -2.15. The number of hydrogen-bond donors (Lipinski definition) is 4. The molecule has 5 aromatic rings. The summed E-state index contributed by atoms with van der Waals surface area (Å²) in [5.41, 5.74) is 3.37. The number of aromatic amines is 2. The van der Waals surface area contributed by atoms with Crippen molar-refractivity contribution in [3.05, 3.63) is 72.4 Å². The Labute approximate surface area is 188 Å². The minimum absolute atomic E-state index is 0.244. The number of anilines is 3. The first-order valence-corrected chi connectivity index (χ1v) is 10.3. The highest BCUT2D eigenvalue weighted by atomic mass is 19.1. The summed E-state index contributed by atoms with van der Waals surface area (Å²) in [6.07, 6.45) is 3.09. The van der Waals surface area contributed by atoms with Crippen molar-refractivity contribution in [2.24, 2.45) is 0 Å². The second-order valence-electron chi connectivity index (χ2n) is 7.46. The van der Waals surface area contributed by atoms with E-state index in [1.54, 1.807) is 19.2 Å². The number of methoxy groups -OCH3 is 1. The van der Waals surface area contributed by atoms with E-state index in [0.29, 0.717) is 29.2 Å². The molecule has 9 nitrogen and oxygen atoms in total. The van der Waals surface area contributed by atoms with Gasteiger partial charge in [0, 0.05) is 34.8 Å². The Morgan fingerprint density at radius 2 is 1.94 bits per heavy atom. The van der Waals surface area contributed by atoms with E-state index in [4.69, 9.17) is 9.72 Å². The molecule has 5 rings (SSSR count). The number of rotatable bonds is 7. The van der Waals surface area contributed by atoms with Gasteiger partial charge in [-0.25, -0.2) is 14.5 Å². The molecule has 0 aliphatic rings. The van der Waals surface area contributed by atoms with E-state index in [1.165, 1.54) is 12.3 Å². The van der Waals surface area contributed by atoms with Crippen LogP contribution in [0.15, 0.2) is 60.9 Å². The smallest absolute Gasteiger partial charge is 0.225 e. The normalized spacial score (nSPS) is 12.0. The zero-order valence-electron chi connectivity index (χ0n) is 17.9. The van der Waals surface area contributed by atoms with Gasteiger partial charge in [-0.15, -0.1) is 0 Å². The summed E-state index contributed by atoms with van der Waals surface area (Å²) < 4.78 is 18.4. The molecule has 0 aliphatic carbocycles. The van der Waals surface area contributed by atoms with Crippen LogP contribution in [0.25, 0.3) is 22.2 Å². The van der Waals surface area contributed by atoms with Gasteiger partial charge in [-0.2, -0.15) is 10.1 Å². The van der Waals surface area contributed by atoms with Crippen molar-refractivity contribution in [1.29, 1.82) is 0 Å². The maximum Gasteiger partial charge on any atom is 0.225 e. The number of aromatic nitrogens is 6. The van der Waals surface area contributed by atoms with Crippen LogP contribution in [-0.2, 0) is 0 Å². The van der Waals surface area contributed by atoms with E-state index in [0.717, 1.165) is 22.2 Å². The van der Waals surface area contributed by atoms with Gasteiger partial charge in [0.15, 0.2) is 5.82 Å². The Bertz CT molecular complexity index is 1400. The highest BCUT2D eigenvalue weighted by Gasteiger charge is 2.13. The third-order valence-corrected chi connectivity index (χ3v) is 5.15. The van der Waals surface area contributed by atoms with Crippen molar-refractivity contribution in [3.63, 3.8) is 0 Å². The summed E-state index contributed by atoms with van der Waals surface area (Å²) >= 11 is 0. The van der Waals surface area contributed by atoms with Gasteiger partial charge in [0.2, 0.25) is 11.8 Å². The second kappa shape index (κ2) is 8.58. The lowest BCUT2D eigenvalue weighted by Crippen LogP contribution is -2.12. The number of H-pyrrole nitrogens is 2. The molecule has 1 atom stereocenters. The first-order valence-electron chi connectivity index (χ1n) is 10.3. The predicted octanol–water partition coefficient (Wildman–Crippen LogP) is 4.81. The van der Waals surface area contributed by atoms with Crippen LogP contribution in [0.3, 0.4) is 0 Å². The highest BCUT2D eigenvalue weighted by Crippen LogP contribution is 2.27. The molecular weight excluding hydrogens is 423 g/mol. The standard InChI is InChI=1S/C23H21FN8O/c1-13(17-6-4-16(24)12-26-17)27-23-28-19(14-3-5-18-15(9-14)7-8-25-18)10-20(30-23)29-21-11-22(33-2)32-31-21/h3-13,25H,1-2H3,(H3,27,28,29,30,31,32)/t13-/m0/s1. The van der Waals surface area contributed by atoms with Gasteiger partial charge in [0.1, 0.15) is 11.6 Å². The predicted molar refractivity (Wildman–Crippen MR) is 124 cm³/mol. The maximum absolute atomic E-state index is 13.3. The number of fused-ring (bicyclic) bond motifs is 1. The first kappa shape index (κ1) is 20.4. The summed E-state index contributed by atoms with van der Waals surface area (Å²) in [7, 11) is 1.56. The van der Waals surface area contributed by atoms with E-state index in [1.807, 2.05) is 37.4 Å². The third-order valence-electron chi connectivity index (χ3n) is 5.15. The first-order chi connectivity index (χ1) is 16.1. The topological polar surface area (TPSA) is 116 Å². The molecule has 0 radical (unpaired) electrons. The quantitative estimate of drug-likeness (QED) is 0.285. The van der Waals surface area contributed by atoms with E-state index in [9.17, 15) is 4.39 Å². The van der Waals surface area contributed by atoms with E-state index in [-0.39, 0.29) is 11.9 Å². The largest absolute Gasteiger partial charge is 0.481 e. The second-order valence-corrected chi connectivity index (χ2v) is 7.46. The third kappa shape index (κ3) is 4.45. The van der Waals surface area contributed by atoms with Crippen LogP contribution in [-0.4, -0.2) is 37.2 Å². The van der Waals surface area contributed by atoms with Crippen LogP contribution < -0.4 is 15.4 Å². The summed E-state index contributed by atoms with van der Waals surface area (Å²) in [6.45, 7) is 1.91. The molecule has 0 saturated heterocycles. The fourth-order valence-electron chi connectivity index (χ4n) is 3.45. The van der Waals surface area contributed by atoms with Gasteiger partial charge in [0.05, 0.1) is 30.7 Å². The minimum atomic E-state index is -0.384. The highest BCUT2D eigenvalue weighted by molar-refractivity contribution is 5.84. The molecule has 0 spiro atoms. The fourth-order valence-corrected chi connectivity index (χ4v) is 3.45. The number of nitrogens with one attached hydrogen (secondary N) is 4. The van der Waals surface area contributed by atoms with Crippen molar-refractivity contribution in [1.82, 2.24) is 30.1 Å². The minimum Gasteiger partial charge on any atom is -0.481 e. The van der Waals surface area contributed by atoms with Gasteiger partial charge in [-0.1, -0.05) is 6.07 Å². The summed E-state index contributed by atoms with van der Waals surface area (Å²) in [6, 6.07) is 14.4. The summed E-state index contributed by atoms with van der Waals surface area (Å²) in [5, 5.41) is 14.5. The number of halogens is 1. The average molecular weight is 444 g/mol. The lowest BCUT2D eigenvalue weighted by molar-refractivity contribution is 0.397. The van der Waals surface area contributed by atoms with Gasteiger partial charge in [-0.05, 0) is 37.3 Å². The van der Waals surface area contributed by atoms with Crippen LogP contribution >= 0.6 is 0 Å². The molecule has 4 heterocycles. The molecule has 10 heteroatoms.